The van der Waals surface area contributed by atoms with E-state index in [4.69, 9.17) is 0 Å². The maximum atomic E-state index is 4.25. The first-order valence-corrected chi connectivity index (χ1v) is 3.61. The van der Waals surface area contributed by atoms with Crippen molar-refractivity contribution in [2.45, 2.75) is 13.0 Å². The van der Waals surface area contributed by atoms with Crippen molar-refractivity contribution >= 4 is 6.21 Å². The summed E-state index contributed by atoms with van der Waals surface area (Å²) in [6.07, 6.45) is 3.60. The predicted molar refractivity (Wildman–Crippen MR) is 43.4 cm³/mol. The van der Waals surface area contributed by atoms with Gasteiger partial charge < -0.3 is 5.43 Å². The fraction of sp³-hybridized carbons (Fsp3) is 0.250. The van der Waals surface area contributed by atoms with Gasteiger partial charge in [-0.25, -0.2) is 0 Å². The third-order valence-electron chi connectivity index (χ3n) is 1.75. The Hall–Kier alpha value is -1.38. The molecule has 1 atom stereocenters. The number of nitrogens with zero attached hydrogens (tertiary/aromatic N) is 2. The summed E-state index contributed by atoms with van der Waals surface area (Å²) in [5.41, 5.74) is 5.13. The molecule has 0 saturated heterocycles. The van der Waals surface area contributed by atoms with Gasteiger partial charge >= 0.3 is 0 Å². The second kappa shape index (κ2) is 2.34. The van der Waals surface area contributed by atoms with Crippen molar-refractivity contribution in [3.8, 4) is 0 Å². The smallest absolute Gasteiger partial charge is 0.0838 e. The third kappa shape index (κ3) is 0.981. The fourth-order valence-electron chi connectivity index (χ4n) is 1.18. The second-order valence-electron chi connectivity index (χ2n) is 2.59. The molecule has 1 aliphatic rings. The minimum atomic E-state index is 0.233. The number of nitrogens with one attached hydrogen (secondary N) is 1. The average Bonchev–Trinajstić information content (AvgIpc) is 2.06. The number of fused-ring (bicyclic) bond motifs is 1. The first-order chi connectivity index (χ1) is 5.38. The number of pyridine rings is 1. The van der Waals surface area contributed by atoms with Crippen LogP contribution in [0.3, 0.4) is 0 Å². The van der Waals surface area contributed by atoms with Crippen LogP contribution in [-0.4, -0.2) is 11.2 Å². The molecule has 1 aromatic rings. The molecule has 0 amide bonds. The molecule has 0 saturated carbocycles. The molecule has 3 nitrogen and oxygen atoms in total. The largest absolute Gasteiger partial charge is 0.301 e. The lowest BCUT2D eigenvalue weighted by Gasteiger charge is -2.16. The van der Waals surface area contributed by atoms with Crippen molar-refractivity contribution in [2.75, 3.05) is 0 Å². The van der Waals surface area contributed by atoms with Crippen molar-refractivity contribution in [3.63, 3.8) is 0 Å². The Morgan fingerprint density at radius 2 is 2.45 bits per heavy atom. The van der Waals surface area contributed by atoms with Crippen LogP contribution in [0.15, 0.2) is 23.4 Å². The van der Waals surface area contributed by atoms with Crippen molar-refractivity contribution in [1.82, 2.24) is 10.4 Å². The molecule has 1 N–H and O–H groups in total. The number of aromatic nitrogens is 1. The van der Waals surface area contributed by atoms with Gasteiger partial charge in [0.05, 0.1) is 18.0 Å². The van der Waals surface area contributed by atoms with Crippen LogP contribution in [0.2, 0.25) is 0 Å². The Balaban J connectivity index is 2.54. The van der Waals surface area contributed by atoms with E-state index < -0.39 is 0 Å². The monoisotopic (exact) mass is 147 g/mol. The van der Waals surface area contributed by atoms with Gasteiger partial charge in [0.25, 0.3) is 0 Å². The first kappa shape index (κ1) is 6.34. The molecule has 56 valence electrons. The van der Waals surface area contributed by atoms with E-state index in [2.05, 4.69) is 15.5 Å². The van der Waals surface area contributed by atoms with Crippen molar-refractivity contribution in [3.05, 3.63) is 29.6 Å². The SMILES string of the molecule is CC1NN=Cc2cccnc21. The molecule has 0 aliphatic carbocycles. The topological polar surface area (TPSA) is 37.3 Å². The quantitative estimate of drug-likeness (QED) is 0.596. The van der Waals surface area contributed by atoms with E-state index in [-0.39, 0.29) is 6.04 Å². The van der Waals surface area contributed by atoms with Crippen LogP contribution < -0.4 is 5.43 Å². The molecule has 0 radical (unpaired) electrons. The van der Waals surface area contributed by atoms with Gasteiger partial charge in [0.15, 0.2) is 0 Å². The molecule has 1 aromatic heterocycles. The molecule has 0 spiro atoms. The Morgan fingerprint density at radius 1 is 1.55 bits per heavy atom. The summed E-state index contributed by atoms with van der Waals surface area (Å²) in [6, 6.07) is 4.17. The van der Waals surface area contributed by atoms with Gasteiger partial charge in [-0.1, -0.05) is 0 Å². The fourth-order valence-corrected chi connectivity index (χ4v) is 1.18. The number of hydrogen-bond donors (Lipinski definition) is 1. The zero-order valence-electron chi connectivity index (χ0n) is 6.28. The summed E-state index contributed by atoms with van der Waals surface area (Å²) < 4.78 is 0. The zero-order valence-corrected chi connectivity index (χ0v) is 6.28. The highest BCUT2D eigenvalue weighted by Crippen LogP contribution is 2.15. The Kier molecular flexibility index (Phi) is 1.35. The van der Waals surface area contributed by atoms with Gasteiger partial charge in [-0.3, -0.25) is 4.98 Å². The van der Waals surface area contributed by atoms with Crippen LogP contribution in [0, 0.1) is 0 Å². The molecular formula is C8H9N3. The number of hydrogen-bond acceptors (Lipinski definition) is 3. The van der Waals surface area contributed by atoms with Crippen LogP contribution in [0.5, 0.6) is 0 Å². The summed E-state index contributed by atoms with van der Waals surface area (Å²) in [5, 5.41) is 3.98. The maximum absolute atomic E-state index is 4.25. The third-order valence-corrected chi connectivity index (χ3v) is 1.75. The van der Waals surface area contributed by atoms with Crippen LogP contribution in [0.25, 0.3) is 0 Å². The summed E-state index contributed by atoms with van der Waals surface area (Å²) >= 11 is 0. The van der Waals surface area contributed by atoms with Crippen molar-refractivity contribution < 1.29 is 0 Å². The lowest BCUT2D eigenvalue weighted by Crippen LogP contribution is -2.19. The zero-order chi connectivity index (χ0) is 7.68. The molecule has 3 heteroatoms. The van der Waals surface area contributed by atoms with E-state index in [1.165, 1.54) is 0 Å². The van der Waals surface area contributed by atoms with Crippen molar-refractivity contribution in [2.24, 2.45) is 5.10 Å². The first-order valence-electron chi connectivity index (χ1n) is 3.61. The molecule has 11 heavy (non-hydrogen) atoms. The van der Waals surface area contributed by atoms with E-state index in [1.807, 2.05) is 19.1 Å². The molecular weight excluding hydrogens is 138 g/mol. The summed E-state index contributed by atoms with van der Waals surface area (Å²) in [7, 11) is 0. The number of rotatable bonds is 0. The summed E-state index contributed by atoms with van der Waals surface area (Å²) in [5.74, 6) is 0. The molecule has 1 unspecified atom stereocenters. The predicted octanol–water partition coefficient (Wildman–Crippen LogP) is 1.08. The highest BCUT2D eigenvalue weighted by molar-refractivity contribution is 5.81. The van der Waals surface area contributed by atoms with Crippen LogP contribution in [0.4, 0.5) is 0 Å². The van der Waals surface area contributed by atoms with Gasteiger partial charge in [0.2, 0.25) is 0 Å². The van der Waals surface area contributed by atoms with Gasteiger partial charge in [0.1, 0.15) is 0 Å². The molecule has 2 heterocycles. The highest BCUT2D eigenvalue weighted by atomic mass is 15.3. The standard InChI is InChI=1S/C8H9N3/c1-6-8-7(5-10-11-6)3-2-4-9-8/h2-6,11H,1H3. The van der Waals surface area contributed by atoms with Crippen LogP contribution in [0.1, 0.15) is 24.2 Å². The van der Waals surface area contributed by atoms with Gasteiger partial charge in [-0.15, -0.1) is 0 Å². The summed E-state index contributed by atoms with van der Waals surface area (Å²) in [4.78, 5) is 4.25. The molecule has 0 fully saturated rings. The second-order valence-corrected chi connectivity index (χ2v) is 2.59. The average molecular weight is 147 g/mol. The van der Waals surface area contributed by atoms with Gasteiger partial charge in [0, 0.05) is 11.8 Å². The Labute approximate surface area is 65.2 Å². The normalized spacial score (nSPS) is 20.6. The van der Waals surface area contributed by atoms with Crippen LogP contribution >= 0.6 is 0 Å². The van der Waals surface area contributed by atoms with E-state index in [9.17, 15) is 0 Å². The van der Waals surface area contributed by atoms with E-state index in [1.54, 1.807) is 12.4 Å². The molecule has 0 aromatic carbocycles. The minimum absolute atomic E-state index is 0.233. The molecule has 0 bridgehead atoms. The number of hydrazone groups is 1. The van der Waals surface area contributed by atoms with Crippen LogP contribution in [-0.2, 0) is 0 Å². The lowest BCUT2D eigenvalue weighted by molar-refractivity contribution is 0.581. The minimum Gasteiger partial charge on any atom is -0.301 e. The maximum Gasteiger partial charge on any atom is 0.0838 e. The molecule has 1 aliphatic heterocycles. The Bertz CT molecular complexity index is 293. The van der Waals surface area contributed by atoms with E-state index in [0.29, 0.717) is 0 Å². The van der Waals surface area contributed by atoms with Crippen molar-refractivity contribution in [1.29, 1.82) is 0 Å². The van der Waals surface area contributed by atoms with E-state index >= 15 is 0 Å². The lowest BCUT2D eigenvalue weighted by atomic mass is 10.1. The highest BCUT2D eigenvalue weighted by Gasteiger charge is 2.12. The molecule has 2 rings (SSSR count). The van der Waals surface area contributed by atoms with E-state index in [0.717, 1.165) is 11.3 Å². The van der Waals surface area contributed by atoms with Gasteiger partial charge in [-0.05, 0) is 19.1 Å². The summed E-state index contributed by atoms with van der Waals surface area (Å²) in [6.45, 7) is 2.04. The Morgan fingerprint density at radius 3 is 3.27 bits per heavy atom. The van der Waals surface area contributed by atoms with Gasteiger partial charge in [-0.2, -0.15) is 5.10 Å².